The molecule has 0 spiro atoms. The molecule has 1 saturated carbocycles. The summed E-state index contributed by atoms with van der Waals surface area (Å²) >= 11 is 0. The second-order valence-electron chi connectivity index (χ2n) is 5.66. The molecule has 132 valence electrons. The number of carbonyl (C=O) groups excluding carboxylic acids is 1. The van der Waals surface area contributed by atoms with Crippen molar-refractivity contribution in [2.45, 2.75) is 19.3 Å². The molecule has 0 saturated heterocycles. The maximum absolute atomic E-state index is 12.1. The minimum atomic E-state index is -0.900. The van der Waals surface area contributed by atoms with Crippen LogP contribution in [0.4, 0.5) is 0 Å². The van der Waals surface area contributed by atoms with E-state index in [1.54, 1.807) is 20.3 Å². The molecule has 7 nitrogen and oxygen atoms in total. The standard InChI is InChI=1S/C17H23NO6/c1-22-13-7-4-10(14(23-2)15(13)24-3)8-9-18-16(19)11-5-6-12(11)17(20)21/h4,7,11-12H,5-6,8-9H2,1-3H3,(H,18,19)(H,20,21). The summed E-state index contributed by atoms with van der Waals surface area (Å²) in [5.74, 6) is -0.431. The number of amides is 1. The Kier molecular flexibility index (Phi) is 5.89. The zero-order valence-electron chi connectivity index (χ0n) is 14.1. The minimum absolute atomic E-state index is 0.201. The van der Waals surface area contributed by atoms with Crippen molar-refractivity contribution in [2.75, 3.05) is 27.9 Å². The third kappa shape index (κ3) is 3.55. The molecule has 2 atom stereocenters. The van der Waals surface area contributed by atoms with Gasteiger partial charge in [-0.25, -0.2) is 0 Å². The summed E-state index contributed by atoms with van der Waals surface area (Å²) in [6.07, 6.45) is 1.74. The van der Waals surface area contributed by atoms with Crippen molar-refractivity contribution >= 4 is 11.9 Å². The lowest BCUT2D eigenvalue weighted by Crippen LogP contribution is -2.44. The summed E-state index contributed by atoms with van der Waals surface area (Å²) in [6.45, 7) is 0.396. The molecule has 1 fully saturated rings. The van der Waals surface area contributed by atoms with Gasteiger partial charge in [-0.1, -0.05) is 6.07 Å². The lowest BCUT2D eigenvalue weighted by molar-refractivity contribution is -0.152. The third-order valence-electron chi connectivity index (χ3n) is 4.41. The van der Waals surface area contributed by atoms with Crippen molar-refractivity contribution in [2.24, 2.45) is 11.8 Å². The second kappa shape index (κ2) is 7.90. The van der Waals surface area contributed by atoms with E-state index in [2.05, 4.69) is 5.32 Å². The molecule has 2 rings (SSSR count). The zero-order chi connectivity index (χ0) is 17.7. The van der Waals surface area contributed by atoms with Gasteiger partial charge in [-0.15, -0.1) is 0 Å². The first-order chi connectivity index (χ1) is 11.5. The van der Waals surface area contributed by atoms with Gasteiger partial charge in [0, 0.05) is 12.1 Å². The first-order valence-corrected chi connectivity index (χ1v) is 7.81. The van der Waals surface area contributed by atoms with Crippen LogP contribution in [0.3, 0.4) is 0 Å². The van der Waals surface area contributed by atoms with E-state index in [1.807, 2.05) is 6.07 Å². The molecular weight excluding hydrogens is 314 g/mol. The summed E-state index contributed by atoms with van der Waals surface area (Å²) in [4.78, 5) is 23.0. The van der Waals surface area contributed by atoms with Crippen molar-refractivity contribution in [3.05, 3.63) is 17.7 Å². The van der Waals surface area contributed by atoms with E-state index < -0.39 is 17.8 Å². The van der Waals surface area contributed by atoms with Gasteiger partial charge in [0.25, 0.3) is 0 Å². The molecule has 2 unspecified atom stereocenters. The highest BCUT2D eigenvalue weighted by molar-refractivity contribution is 5.86. The zero-order valence-corrected chi connectivity index (χ0v) is 14.1. The van der Waals surface area contributed by atoms with Gasteiger partial charge in [-0.3, -0.25) is 9.59 Å². The second-order valence-corrected chi connectivity index (χ2v) is 5.66. The first kappa shape index (κ1) is 17.9. The summed E-state index contributed by atoms with van der Waals surface area (Å²) in [5, 5.41) is 11.8. The first-order valence-electron chi connectivity index (χ1n) is 7.81. The SMILES string of the molecule is COc1ccc(CCNC(=O)C2CCC2C(=O)O)c(OC)c1OC. The van der Waals surface area contributed by atoms with Crippen molar-refractivity contribution < 1.29 is 28.9 Å². The van der Waals surface area contributed by atoms with E-state index >= 15 is 0 Å². The van der Waals surface area contributed by atoms with Crippen LogP contribution < -0.4 is 19.5 Å². The van der Waals surface area contributed by atoms with Crippen LogP contribution in [-0.2, 0) is 16.0 Å². The molecule has 24 heavy (non-hydrogen) atoms. The number of methoxy groups -OCH3 is 3. The van der Waals surface area contributed by atoms with Crippen LogP contribution in [0.1, 0.15) is 18.4 Å². The topological polar surface area (TPSA) is 94.1 Å². The third-order valence-corrected chi connectivity index (χ3v) is 4.41. The molecule has 1 amide bonds. The number of carbonyl (C=O) groups is 2. The Morgan fingerprint density at radius 3 is 2.25 bits per heavy atom. The average molecular weight is 337 g/mol. The molecule has 0 radical (unpaired) electrons. The molecule has 0 aliphatic heterocycles. The van der Waals surface area contributed by atoms with Crippen LogP contribution in [0.15, 0.2) is 12.1 Å². The average Bonchev–Trinajstić information content (AvgIpc) is 2.52. The fourth-order valence-electron chi connectivity index (χ4n) is 2.92. The van der Waals surface area contributed by atoms with Gasteiger partial charge < -0.3 is 24.6 Å². The summed E-state index contributed by atoms with van der Waals surface area (Å²) in [7, 11) is 4.63. The Labute approximate surface area is 140 Å². The number of ether oxygens (including phenoxy) is 3. The van der Waals surface area contributed by atoms with Gasteiger partial charge >= 0.3 is 5.97 Å². The highest BCUT2D eigenvalue weighted by atomic mass is 16.5. The lowest BCUT2D eigenvalue weighted by Gasteiger charge is -2.31. The number of nitrogens with one attached hydrogen (secondary N) is 1. The predicted octanol–water partition coefficient (Wildman–Crippen LogP) is 1.48. The van der Waals surface area contributed by atoms with Gasteiger partial charge in [0.05, 0.1) is 33.2 Å². The molecule has 0 aromatic heterocycles. The Morgan fingerprint density at radius 2 is 1.75 bits per heavy atom. The molecule has 0 bridgehead atoms. The van der Waals surface area contributed by atoms with Gasteiger partial charge in [0.2, 0.25) is 11.7 Å². The quantitative estimate of drug-likeness (QED) is 0.746. The summed E-state index contributed by atoms with van der Waals surface area (Å²) < 4.78 is 16.0. The van der Waals surface area contributed by atoms with Crippen molar-refractivity contribution in [3.63, 3.8) is 0 Å². The van der Waals surface area contributed by atoms with Crippen LogP contribution in [0.25, 0.3) is 0 Å². The van der Waals surface area contributed by atoms with Crippen LogP contribution in [0.5, 0.6) is 17.2 Å². The number of hydrogen-bond donors (Lipinski definition) is 2. The van der Waals surface area contributed by atoms with E-state index in [-0.39, 0.29) is 5.91 Å². The van der Waals surface area contributed by atoms with Crippen LogP contribution in [0, 0.1) is 11.8 Å². The minimum Gasteiger partial charge on any atom is -0.493 e. The Balaban J connectivity index is 1.97. The fourth-order valence-corrected chi connectivity index (χ4v) is 2.92. The van der Waals surface area contributed by atoms with Gasteiger partial charge in [0.1, 0.15) is 0 Å². The number of benzene rings is 1. The van der Waals surface area contributed by atoms with Gasteiger partial charge in [-0.2, -0.15) is 0 Å². The maximum atomic E-state index is 12.1. The van der Waals surface area contributed by atoms with Crippen molar-refractivity contribution in [3.8, 4) is 17.2 Å². The maximum Gasteiger partial charge on any atom is 0.307 e. The highest BCUT2D eigenvalue weighted by Gasteiger charge is 2.41. The van der Waals surface area contributed by atoms with Crippen molar-refractivity contribution in [1.82, 2.24) is 5.32 Å². The molecule has 7 heteroatoms. The monoisotopic (exact) mass is 337 g/mol. The number of rotatable bonds is 8. The predicted molar refractivity (Wildman–Crippen MR) is 86.7 cm³/mol. The molecule has 1 aromatic carbocycles. The van der Waals surface area contributed by atoms with Gasteiger partial charge in [-0.05, 0) is 25.3 Å². The van der Waals surface area contributed by atoms with E-state index in [4.69, 9.17) is 19.3 Å². The fraction of sp³-hybridized carbons (Fsp3) is 0.529. The van der Waals surface area contributed by atoms with Crippen molar-refractivity contribution in [1.29, 1.82) is 0 Å². The Hall–Kier alpha value is -2.44. The Morgan fingerprint density at radius 1 is 1.08 bits per heavy atom. The van der Waals surface area contributed by atoms with E-state index in [1.165, 1.54) is 7.11 Å². The molecule has 1 aliphatic carbocycles. The number of hydrogen-bond acceptors (Lipinski definition) is 5. The Bertz CT molecular complexity index is 615. The summed E-state index contributed by atoms with van der Waals surface area (Å²) in [6, 6.07) is 3.64. The number of aliphatic carboxylic acids is 1. The summed E-state index contributed by atoms with van der Waals surface area (Å²) in [5.41, 5.74) is 0.874. The number of carboxylic acids is 1. The van der Waals surface area contributed by atoms with Crippen LogP contribution >= 0.6 is 0 Å². The van der Waals surface area contributed by atoms with E-state index in [9.17, 15) is 9.59 Å². The molecule has 1 aliphatic rings. The molecular formula is C17H23NO6. The van der Waals surface area contributed by atoms with E-state index in [0.717, 1.165) is 5.56 Å². The number of carboxylic acid groups (broad SMARTS) is 1. The molecule has 0 heterocycles. The molecule has 1 aromatic rings. The van der Waals surface area contributed by atoms with Gasteiger partial charge in [0.15, 0.2) is 11.5 Å². The lowest BCUT2D eigenvalue weighted by atomic mass is 9.73. The molecule has 2 N–H and O–H groups in total. The smallest absolute Gasteiger partial charge is 0.307 e. The largest absolute Gasteiger partial charge is 0.493 e. The van der Waals surface area contributed by atoms with Crippen LogP contribution in [-0.4, -0.2) is 44.9 Å². The van der Waals surface area contributed by atoms with Crippen LogP contribution in [0.2, 0.25) is 0 Å². The normalized spacial score (nSPS) is 19.1. The van der Waals surface area contributed by atoms with E-state index in [0.29, 0.717) is 43.1 Å². The highest BCUT2D eigenvalue weighted by Crippen LogP contribution is 2.40.